The number of carbonyl (C=O) groups is 1. The molecule has 0 saturated heterocycles. The number of ether oxygens (including phenoxy) is 1. The summed E-state index contributed by atoms with van der Waals surface area (Å²) in [6.07, 6.45) is 0.414. The minimum absolute atomic E-state index is 0.198. The molecule has 0 aromatic heterocycles. The molecule has 0 radical (unpaired) electrons. The summed E-state index contributed by atoms with van der Waals surface area (Å²) >= 11 is 0. The highest BCUT2D eigenvalue weighted by molar-refractivity contribution is 5.73. The molecule has 2 unspecified atom stereocenters. The molecule has 2 amide bonds. The molecular formula is C11H24N2O3. The molecule has 0 aliphatic rings. The summed E-state index contributed by atoms with van der Waals surface area (Å²) in [4.78, 5) is 11.2. The van der Waals surface area contributed by atoms with Gasteiger partial charge in [-0.05, 0) is 12.8 Å². The van der Waals surface area contributed by atoms with Crippen molar-refractivity contribution in [2.24, 2.45) is 5.92 Å². The second-order valence-corrected chi connectivity index (χ2v) is 3.79. The van der Waals surface area contributed by atoms with Crippen molar-refractivity contribution < 1.29 is 14.6 Å². The normalized spacial score (nSPS) is 14.2. The summed E-state index contributed by atoms with van der Waals surface area (Å²) in [6.45, 7) is 7.81. The van der Waals surface area contributed by atoms with Gasteiger partial charge >= 0.3 is 6.03 Å². The Morgan fingerprint density at radius 1 is 1.38 bits per heavy atom. The van der Waals surface area contributed by atoms with Crippen molar-refractivity contribution in [1.82, 2.24) is 10.6 Å². The molecule has 0 aliphatic carbocycles. The first kappa shape index (κ1) is 15.2. The smallest absolute Gasteiger partial charge is 0.314 e. The lowest BCUT2D eigenvalue weighted by Crippen LogP contribution is -2.42. The van der Waals surface area contributed by atoms with E-state index in [1.165, 1.54) is 0 Å². The van der Waals surface area contributed by atoms with Crippen molar-refractivity contribution in [3.8, 4) is 0 Å². The molecule has 2 atom stereocenters. The molecule has 96 valence electrons. The van der Waals surface area contributed by atoms with Crippen molar-refractivity contribution in [2.75, 3.05) is 26.3 Å². The minimum atomic E-state index is -0.484. The van der Waals surface area contributed by atoms with Crippen LogP contribution in [-0.4, -0.2) is 43.5 Å². The quantitative estimate of drug-likeness (QED) is 0.540. The van der Waals surface area contributed by atoms with Crippen LogP contribution in [0.3, 0.4) is 0 Å². The molecule has 5 nitrogen and oxygen atoms in total. The second-order valence-electron chi connectivity index (χ2n) is 3.79. The number of hydrogen-bond acceptors (Lipinski definition) is 3. The van der Waals surface area contributed by atoms with Crippen LogP contribution in [0.4, 0.5) is 4.79 Å². The van der Waals surface area contributed by atoms with E-state index in [0.29, 0.717) is 19.8 Å². The number of nitrogens with one attached hydrogen (secondary N) is 2. The van der Waals surface area contributed by atoms with Crippen molar-refractivity contribution in [1.29, 1.82) is 0 Å². The number of aliphatic hydroxyl groups is 1. The van der Waals surface area contributed by atoms with Crippen LogP contribution < -0.4 is 10.6 Å². The summed E-state index contributed by atoms with van der Waals surface area (Å²) in [6, 6.07) is -0.262. The molecule has 0 fully saturated rings. The lowest BCUT2D eigenvalue weighted by atomic mass is 10.0. The van der Waals surface area contributed by atoms with Gasteiger partial charge in [-0.15, -0.1) is 0 Å². The van der Waals surface area contributed by atoms with E-state index in [0.717, 1.165) is 6.42 Å². The van der Waals surface area contributed by atoms with Crippen LogP contribution in [0.1, 0.15) is 27.2 Å². The monoisotopic (exact) mass is 232 g/mol. The number of hydrogen-bond donors (Lipinski definition) is 3. The molecule has 0 aromatic rings. The Labute approximate surface area is 97.6 Å². The highest BCUT2D eigenvalue weighted by Gasteiger charge is 2.12. The highest BCUT2D eigenvalue weighted by Crippen LogP contribution is 2.05. The zero-order valence-corrected chi connectivity index (χ0v) is 10.5. The third-order valence-corrected chi connectivity index (χ3v) is 2.51. The summed E-state index contributed by atoms with van der Waals surface area (Å²) < 4.78 is 5.07. The van der Waals surface area contributed by atoms with E-state index < -0.39 is 6.10 Å². The Bertz CT molecular complexity index is 188. The topological polar surface area (TPSA) is 70.6 Å². The van der Waals surface area contributed by atoms with Crippen LogP contribution in [0.15, 0.2) is 0 Å². The Morgan fingerprint density at radius 3 is 2.62 bits per heavy atom. The maximum atomic E-state index is 11.2. The van der Waals surface area contributed by atoms with Gasteiger partial charge in [0.2, 0.25) is 0 Å². The lowest BCUT2D eigenvalue weighted by Gasteiger charge is -2.17. The van der Waals surface area contributed by atoms with E-state index >= 15 is 0 Å². The molecule has 0 bridgehead atoms. The van der Waals surface area contributed by atoms with Gasteiger partial charge in [0.15, 0.2) is 0 Å². The summed E-state index contributed by atoms with van der Waals surface area (Å²) in [7, 11) is 0. The zero-order valence-electron chi connectivity index (χ0n) is 10.5. The van der Waals surface area contributed by atoms with Gasteiger partial charge in [-0.2, -0.15) is 0 Å². The van der Waals surface area contributed by atoms with E-state index in [1.807, 2.05) is 20.8 Å². The van der Waals surface area contributed by atoms with Crippen LogP contribution in [0.2, 0.25) is 0 Å². The standard InChI is InChI=1S/C11H24N2O3/c1-4-9(3)10(14)8-13-11(15)12-6-7-16-5-2/h9-10,14H,4-8H2,1-3H3,(H2,12,13,15). The van der Waals surface area contributed by atoms with Crippen molar-refractivity contribution in [3.63, 3.8) is 0 Å². The zero-order chi connectivity index (χ0) is 12.4. The minimum Gasteiger partial charge on any atom is -0.391 e. The van der Waals surface area contributed by atoms with Crippen LogP contribution in [0.5, 0.6) is 0 Å². The van der Waals surface area contributed by atoms with E-state index in [2.05, 4.69) is 10.6 Å². The second kappa shape index (κ2) is 9.42. The molecule has 0 saturated carbocycles. The maximum absolute atomic E-state index is 11.2. The number of carbonyl (C=O) groups excluding carboxylic acids is 1. The fourth-order valence-corrected chi connectivity index (χ4v) is 1.11. The van der Waals surface area contributed by atoms with E-state index in [4.69, 9.17) is 4.74 Å². The third-order valence-electron chi connectivity index (χ3n) is 2.51. The maximum Gasteiger partial charge on any atom is 0.314 e. The predicted octanol–water partition coefficient (Wildman–Crippen LogP) is 0.729. The molecule has 0 rings (SSSR count). The highest BCUT2D eigenvalue weighted by atomic mass is 16.5. The largest absolute Gasteiger partial charge is 0.391 e. The molecule has 16 heavy (non-hydrogen) atoms. The lowest BCUT2D eigenvalue weighted by molar-refractivity contribution is 0.114. The number of rotatable bonds is 8. The summed E-state index contributed by atoms with van der Waals surface area (Å²) in [5, 5.41) is 14.9. The van der Waals surface area contributed by atoms with Gasteiger partial charge in [0, 0.05) is 19.7 Å². The Kier molecular flexibility index (Phi) is 8.94. The number of amides is 2. The van der Waals surface area contributed by atoms with Crippen molar-refractivity contribution in [2.45, 2.75) is 33.3 Å². The Hall–Kier alpha value is -0.810. The molecular weight excluding hydrogens is 208 g/mol. The average Bonchev–Trinajstić information content (AvgIpc) is 2.30. The van der Waals surface area contributed by atoms with Crippen LogP contribution in [0, 0.1) is 5.92 Å². The molecule has 5 heteroatoms. The summed E-state index contributed by atoms with van der Waals surface area (Å²) in [5.41, 5.74) is 0. The Balaban J connectivity index is 3.49. The Morgan fingerprint density at radius 2 is 2.06 bits per heavy atom. The van der Waals surface area contributed by atoms with Gasteiger partial charge in [-0.25, -0.2) is 4.79 Å². The van der Waals surface area contributed by atoms with E-state index in [1.54, 1.807) is 0 Å². The average molecular weight is 232 g/mol. The van der Waals surface area contributed by atoms with Crippen LogP contribution >= 0.6 is 0 Å². The fraction of sp³-hybridized carbons (Fsp3) is 0.909. The third kappa shape index (κ3) is 7.48. The SMILES string of the molecule is CCOCCNC(=O)NCC(O)C(C)CC. The number of urea groups is 1. The molecule has 3 N–H and O–H groups in total. The predicted molar refractivity (Wildman–Crippen MR) is 63.4 cm³/mol. The van der Waals surface area contributed by atoms with Gasteiger partial charge < -0.3 is 20.5 Å². The molecule has 0 aliphatic heterocycles. The van der Waals surface area contributed by atoms with E-state index in [9.17, 15) is 9.90 Å². The van der Waals surface area contributed by atoms with Crippen molar-refractivity contribution >= 4 is 6.03 Å². The first-order valence-electron chi connectivity index (χ1n) is 5.89. The molecule has 0 aromatic carbocycles. The fourth-order valence-electron chi connectivity index (χ4n) is 1.11. The van der Waals surface area contributed by atoms with Gasteiger partial charge in [0.05, 0.1) is 12.7 Å². The van der Waals surface area contributed by atoms with Crippen molar-refractivity contribution in [3.05, 3.63) is 0 Å². The van der Waals surface area contributed by atoms with Gasteiger partial charge in [0.25, 0.3) is 0 Å². The van der Waals surface area contributed by atoms with E-state index in [-0.39, 0.29) is 18.5 Å². The number of aliphatic hydroxyl groups excluding tert-OH is 1. The molecule has 0 spiro atoms. The van der Waals surface area contributed by atoms with Gasteiger partial charge in [-0.1, -0.05) is 20.3 Å². The molecule has 0 heterocycles. The van der Waals surface area contributed by atoms with Crippen LogP contribution in [0.25, 0.3) is 0 Å². The first-order chi connectivity index (χ1) is 7.61. The van der Waals surface area contributed by atoms with Crippen LogP contribution in [-0.2, 0) is 4.74 Å². The first-order valence-corrected chi connectivity index (χ1v) is 5.89. The van der Waals surface area contributed by atoms with Gasteiger partial charge in [0.1, 0.15) is 0 Å². The van der Waals surface area contributed by atoms with Gasteiger partial charge in [-0.3, -0.25) is 0 Å². The summed E-state index contributed by atoms with van der Waals surface area (Å²) in [5.74, 6) is 0.198.